The molecule has 0 saturated heterocycles. The maximum absolute atomic E-state index is 12.8. The fraction of sp³-hybridized carbons (Fsp3) is 0.807. The van der Waals surface area contributed by atoms with E-state index < -0.39 is 6.10 Å². The molecule has 1 unspecified atom stereocenters. The molecular formula is C57H102O6. The molecule has 0 aliphatic rings. The van der Waals surface area contributed by atoms with E-state index in [-0.39, 0.29) is 31.1 Å². The molecule has 6 heteroatoms. The molecule has 0 saturated carbocycles. The van der Waals surface area contributed by atoms with Crippen LogP contribution in [0.5, 0.6) is 0 Å². The topological polar surface area (TPSA) is 78.9 Å². The van der Waals surface area contributed by atoms with Crippen molar-refractivity contribution >= 4 is 17.9 Å². The number of unbranched alkanes of at least 4 members (excludes halogenated alkanes) is 32. The Morgan fingerprint density at radius 1 is 0.317 bits per heavy atom. The summed E-state index contributed by atoms with van der Waals surface area (Å²) in [4.78, 5) is 38.0. The summed E-state index contributed by atoms with van der Waals surface area (Å²) in [7, 11) is 0. The normalized spacial score (nSPS) is 12.4. The highest BCUT2D eigenvalue weighted by molar-refractivity contribution is 5.71. The number of hydrogen-bond donors (Lipinski definition) is 0. The van der Waals surface area contributed by atoms with Gasteiger partial charge in [-0.3, -0.25) is 14.4 Å². The molecule has 0 aromatic carbocycles. The highest BCUT2D eigenvalue weighted by atomic mass is 16.6. The van der Waals surface area contributed by atoms with Gasteiger partial charge in [-0.1, -0.05) is 236 Å². The summed E-state index contributed by atoms with van der Waals surface area (Å²) in [6.07, 6.45) is 62.3. The zero-order valence-corrected chi connectivity index (χ0v) is 41.8. The first-order valence-electron chi connectivity index (χ1n) is 27.2. The number of esters is 3. The maximum Gasteiger partial charge on any atom is 0.306 e. The van der Waals surface area contributed by atoms with Gasteiger partial charge in [-0.05, 0) is 70.6 Å². The lowest BCUT2D eigenvalue weighted by Crippen LogP contribution is -2.30. The first-order chi connectivity index (χ1) is 31.0. The number of allylic oxidation sites excluding steroid dienone is 8. The van der Waals surface area contributed by atoms with Crippen LogP contribution < -0.4 is 0 Å². The van der Waals surface area contributed by atoms with Crippen LogP contribution in [0.3, 0.4) is 0 Å². The van der Waals surface area contributed by atoms with Crippen molar-refractivity contribution in [2.75, 3.05) is 13.2 Å². The van der Waals surface area contributed by atoms with Gasteiger partial charge >= 0.3 is 17.9 Å². The molecule has 0 rings (SSSR count). The van der Waals surface area contributed by atoms with Crippen LogP contribution in [0.1, 0.15) is 278 Å². The van der Waals surface area contributed by atoms with Gasteiger partial charge in [-0.2, -0.15) is 0 Å². The van der Waals surface area contributed by atoms with Crippen molar-refractivity contribution in [1.29, 1.82) is 0 Å². The summed E-state index contributed by atoms with van der Waals surface area (Å²) >= 11 is 0. The summed E-state index contributed by atoms with van der Waals surface area (Å²) in [5, 5.41) is 0. The quantitative estimate of drug-likeness (QED) is 0.0262. The van der Waals surface area contributed by atoms with E-state index in [4.69, 9.17) is 14.2 Å². The third-order valence-electron chi connectivity index (χ3n) is 11.9. The van der Waals surface area contributed by atoms with Crippen LogP contribution in [0.15, 0.2) is 48.6 Å². The number of hydrogen-bond acceptors (Lipinski definition) is 6. The van der Waals surface area contributed by atoms with Gasteiger partial charge in [0.1, 0.15) is 13.2 Å². The highest BCUT2D eigenvalue weighted by Gasteiger charge is 2.19. The molecule has 0 radical (unpaired) electrons. The van der Waals surface area contributed by atoms with E-state index in [1.165, 1.54) is 167 Å². The summed E-state index contributed by atoms with van der Waals surface area (Å²) in [5.41, 5.74) is 0. The molecule has 0 fully saturated rings. The third kappa shape index (κ3) is 50.2. The Labute approximate surface area is 390 Å². The van der Waals surface area contributed by atoms with Gasteiger partial charge in [-0.25, -0.2) is 0 Å². The Balaban J connectivity index is 4.40. The zero-order chi connectivity index (χ0) is 45.8. The summed E-state index contributed by atoms with van der Waals surface area (Å²) in [5.74, 6) is -0.892. The molecule has 0 aromatic rings. The maximum atomic E-state index is 12.8. The monoisotopic (exact) mass is 883 g/mol. The average Bonchev–Trinajstić information content (AvgIpc) is 3.28. The molecule has 0 aromatic heterocycles. The summed E-state index contributed by atoms with van der Waals surface area (Å²) < 4.78 is 16.8. The second-order valence-corrected chi connectivity index (χ2v) is 18.2. The number of carbonyl (C=O) groups excluding carboxylic acids is 3. The minimum atomic E-state index is -0.781. The van der Waals surface area contributed by atoms with E-state index in [1.54, 1.807) is 0 Å². The number of ether oxygens (including phenoxy) is 3. The summed E-state index contributed by atoms with van der Waals surface area (Å²) in [6, 6.07) is 0. The molecule has 0 bridgehead atoms. The van der Waals surface area contributed by atoms with Gasteiger partial charge in [0.25, 0.3) is 0 Å². The number of carbonyl (C=O) groups is 3. The lowest BCUT2D eigenvalue weighted by molar-refractivity contribution is -0.167. The largest absolute Gasteiger partial charge is 0.462 e. The van der Waals surface area contributed by atoms with Crippen molar-refractivity contribution < 1.29 is 28.6 Å². The molecule has 366 valence electrons. The van der Waals surface area contributed by atoms with Crippen molar-refractivity contribution in [3.63, 3.8) is 0 Å². The predicted molar refractivity (Wildman–Crippen MR) is 270 cm³/mol. The van der Waals surface area contributed by atoms with E-state index in [0.717, 1.165) is 70.6 Å². The van der Waals surface area contributed by atoms with E-state index in [0.29, 0.717) is 19.3 Å². The van der Waals surface area contributed by atoms with Crippen molar-refractivity contribution in [1.82, 2.24) is 0 Å². The molecule has 0 spiro atoms. The van der Waals surface area contributed by atoms with E-state index in [2.05, 4.69) is 69.4 Å². The first-order valence-corrected chi connectivity index (χ1v) is 27.2. The summed E-state index contributed by atoms with van der Waals surface area (Å²) in [6.45, 7) is 6.58. The van der Waals surface area contributed by atoms with Crippen LogP contribution in [0.25, 0.3) is 0 Å². The minimum Gasteiger partial charge on any atom is -0.462 e. The fourth-order valence-electron chi connectivity index (χ4n) is 7.72. The minimum absolute atomic E-state index is 0.0792. The van der Waals surface area contributed by atoms with Gasteiger partial charge < -0.3 is 14.2 Å². The molecule has 63 heavy (non-hydrogen) atoms. The van der Waals surface area contributed by atoms with Crippen LogP contribution in [-0.4, -0.2) is 37.2 Å². The van der Waals surface area contributed by atoms with Gasteiger partial charge in [-0.15, -0.1) is 0 Å². The Morgan fingerprint density at radius 2 is 0.556 bits per heavy atom. The Hall–Kier alpha value is -2.63. The highest BCUT2D eigenvalue weighted by Crippen LogP contribution is 2.16. The van der Waals surface area contributed by atoms with Crippen LogP contribution in [-0.2, 0) is 28.6 Å². The molecule has 6 nitrogen and oxygen atoms in total. The Bertz CT molecular complexity index is 1110. The molecule has 0 amide bonds. The molecule has 0 N–H and O–H groups in total. The van der Waals surface area contributed by atoms with Gasteiger partial charge in [0, 0.05) is 19.3 Å². The Morgan fingerprint density at radius 3 is 0.873 bits per heavy atom. The van der Waals surface area contributed by atoms with E-state index in [1.807, 2.05) is 0 Å². The SMILES string of the molecule is CCCCC/C=C\C=C/CCCCCCCCC(=O)OCC(COC(=O)CCCCCCCCCCCCCCCCC)OC(=O)CCCCCCCC/C=C\C=C/CCCCC. The number of rotatable bonds is 49. The van der Waals surface area contributed by atoms with Crippen LogP contribution in [0.4, 0.5) is 0 Å². The predicted octanol–water partition coefficient (Wildman–Crippen LogP) is 17.9. The van der Waals surface area contributed by atoms with Crippen LogP contribution >= 0.6 is 0 Å². The third-order valence-corrected chi connectivity index (χ3v) is 11.9. The van der Waals surface area contributed by atoms with Crippen molar-refractivity contribution in [3.8, 4) is 0 Å². The lowest BCUT2D eigenvalue weighted by Gasteiger charge is -2.18. The molecule has 0 aliphatic carbocycles. The van der Waals surface area contributed by atoms with Gasteiger partial charge in [0.05, 0.1) is 0 Å². The fourth-order valence-corrected chi connectivity index (χ4v) is 7.72. The second kappa shape index (κ2) is 52.0. The Kier molecular flexibility index (Phi) is 49.8. The molecule has 1 atom stereocenters. The van der Waals surface area contributed by atoms with Crippen LogP contribution in [0, 0.1) is 0 Å². The van der Waals surface area contributed by atoms with Gasteiger partial charge in [0.15, 0.2) is 6.10 Å². The van der Waals surface area contributed by atoms with Crippen molar-refractivity contribution in [2.45, 2.75) is 284 Å². The zero-order valence-electron chi connectivity index (χ0n) is 41.8. The standard InChI is InChI=1S/C57H102O6/c1-4-7-10-13-16-19-22-25-28-31-34-37-40-43-46-49-55(58)61-52-54(63-57(60)51-48-45-42-39-36-33-30-27-24-21-18-15-12-9-6-3)53-62-56(59)50-47-44-41-38-35-32-29-26-23-20-17-14-11-8-5-2/h16,18-19,21-22,24-25,27,54H,4-15,17,20,23,26,28-53H2,1-3H3/b19-16-,21-18-,25-22-,27-24-. The smallest absolute Gasteiger partial charge is 0.306 e. The molecular weight excluding hydrogens is 781 g/mol. The second-order valence-electron chi connectivity index (χ2n) is 18.2. The van der Waals surface area contributed by atoms with Gasteiger partial charge in [0.2, 0.25) is 0 Å². The van der Waals surface area contributed by atoms with Crippen LogP contribution in [0.2, 0.25) is 0 Å². The van der Waals surface area contributed by atoms with Crippen molar-refractivity contribution in [2.24, 2.45) is 0 Å². The lowest BCUT2D eigenvalue weighted by atomic mass is 10.0. The van der Waals surface area contributed by atoms with Crippen molar-refractivity contribution in [3.05, 3.63) is 48.6 Å². The molecule has 0 heterocycles. The first kappa shape index (κ1) is 60.4. The van der Waals surface area contributed by atoms with E-state index in [9.17, 15) is 14.4 Å². The van der Waals surface area contributed by atoms with E-state index >= 15 is 0 Å². The molecule has 0 aliphatic heterocycles. The average molecular weight is 883 g/mol.